The highest BCUT2D eigenvalue weighted by molar-refractivity contribution is 14.0. The van der Waals surface area contributed by atoms with Crippen molar-refractivity contribution in [3.05, 3.63) is 29.8 Å². The van der Waals surface area contributed by atoms with Gasteiger partial charge in [0.2, 0.25) is 0 Å². The molecule has 0 aromatic heterocycles. The number of nitrogens with one attached hydrogen (secondary N) is 2. The Kier molecular flexibility index (Phi) is 13.7. The number of methoxy groups -OCH3 is 1. The summed E-state index contributed by atoms with van der Waals surface area (Å²) in [5.41, 5.74) is 0.792. The third kappa shape index (κ3) is 9.29. The van der Waals surface area contributed by atoms with E-state index in [1.54, 1.807) is 7.11 Å². The summed E-state index contributed by atoms with van der Waals surface area (Å²) in [6, 6.07) is 7.40. The molecule has 0 fully saturated rings. The van der Waals surface area contributed by atoms with Gasteiger partial charge in [-0.3, -0.25) is 4.99 Å². The summed E-state index contributed by atoms with van der Waals surface area (Å²) in [5, 5.41) is 16.7. The smallest absolute Gasteiger partial charge is 0.191 e. The van der Waals surface area contributed by atoms with Crippen LogP contribution in [0.15, 0.2) is 29.3 Å². The van der Waals surface area contributed by atoms with E-state index in [4.69, 9.17) is 9.47 Å². The molecule has 0 saturated carbocycles. The molecule has 138 valence electrons. The number of rotatable bonds is 10. The van der Waals surface area contributed by atoms with E-state index in [9.17, 15) is 5.11 Å². The van der Waals surface area contributed by atoms with Gasteiger partial charge in [-0.25, -0.2) is 0 Å². The summed E-state index contributed by atoms with van der Waals surface area (Å²) >= 11 is 0. The predicted molar refractivity (Wildman–Crippen MR) is 108 cm³/mol. The second-order valence-corrected chi connectivity index (χ2v) is 4.99. The van der Waals surface area contributed by atoms with Gasteiger partial charge in [-0.2, -0.15) is 0 Å². The molecule has 0 heterocycles. The molecule has 1 aromatic carbocycles. The SMILES string of the molecule is CCNC(=NCC(O)c1cccc(OC)c1)NCCCOCC.I. The second-order valence-electron chi connectivity index (χ2n) is 4.99. The average molecular weight is 451 g/mol. The van der Waals surface area contributed by atoms with Crippen LogP contribution in [0.1, 0.15) is 31.9 Å². The van der Waals surface area contributed by atoms with Crippen molar-refractivity contribution in [3.8, 4) is 5.75 Å². The highest BCUT2D eigenvalue weighted by atomic mass is 127. The Hall–Kier alpha value is -1.06. The number of aliphatic hydroxyl groups is 1. The van der Waals surface area contributed by atoms with Crippen LogP contribution in [0.4, 0.5) is 0 Å². The second kappa shape index (κ2) is 14.3. The molecule has 0 bridgehead atoms. The molecule has 0 aliphatic rings. The summed E-state index contributed by atoms with van der Waals surface area (Å²) in [4.78, 5) is 4.43. The Bertz CT molecular complexity index is 472. The van der Waals surface area contributed by atoms with E-state index in [0.717, 1.165) is 44.0 Å². The molecule has 1 atom stereocenters. The van der Waals surface area contributed by atoms with Crippen molar-refractivity contribution in [2.45, 2.75) is 26.4 Å². The molecule has 0 spiro atoms. The van der Waals surface area contributed by atoms with Crippen LogP contribution < -0.4 is 15.4 Å². The van der Waals surface area contributed by atoms with Gasteiger partial charge >= 0.3 is 0 Å². The number of hydrogen-bond acceptors (Lipinski definition) is 4. The summed E-state index contributed by atoms with van der Waals surface area (Å²) in [6.07, 6.45) is 0.250. The van der Waals surface area contributed by atoms with Crippen LogP contribution in [-0.2, 0) is 4.74 Å². The van der Waals surface area contributed by atoms with Gasteiger partial charge in [-0.05, 0) is 38.0 Å². The van der Waals surface area contributed by atoms with Crippen LogP contribution in [0.25, 0.3) is 0 Å². The average Bonchev–Trinajstić information content (AvgIpc) is 2.59. The third-order valence-electron chi connectivity index (χ3n) is 3.21. The maximum Gasteiger partial charge on any atom is 0.191 e. The number of guanidine groups is 1. The lowest BCUT2D eigenvalue weighted by atomic mass is 10.1. The maximum absolute atomic E-state index is 10.3. The lowest BCUT2D eigenvalue weighted by Gasteiger charge is -2.14. The van der Waals surface area contributed by atoms with Gasteiger partial charge in [0, 0.05) is 26.3 Å². The molecule has 0 saturated heterocycles. The van der Waals surface area contributed by atoms with Gasteiger partial charge in [0.1, 0.15) is 5.75 Å². The van der Waals surface area contributed by atoms with Gasteiger partial charge in [0.15, 0.2) is 5.96 Å². The van der Waals surface area contributed by atoms with Crippen molar-refractivity contribution in [3.63, 3.8) is 0 Å². The molecule has 6 nitrogen and oxygen atoms in total. The molecule has 1 unspecified atom stereocenters. The zero-order valence-electron chi connectivity index (χ0n) is 14.7. The molecular weight excluding hydrogens is 421 g/mol. The summed E-state index contributed by atoms with van der Waals surface area (Å²) < 4.78 is 10.5. The fraction of sp³-hybridized carbons (Fsp3) is 0.588. The van der Waals surface area contributed by atoms with Crippen LogP contribution in [-0.4, -0.2) is 51.0 Å². The van der Waals surface area contributed by atoms with Gasteiger partial charge in [0.25, 0.3) is 0 Å². The van der Waals surface area contributed by atoms with Crippen LogP contribution in [0.2, 0.25) is 0 Å². The number of hydrogen-bond donors (Lipinski definition) is 3. The molecule has 0 aliphatic heterocycles. The third-order valence-corrected chi connectivity index (χ3v) is 3.21. The predicted octanol–water partition coefficient (Wildman–Crippen LogP) is 2.33. The monoisotopic (exact) mass is 451 g/mol. The zero-order valence-corrected chi connectivity index (χ0v) is 17.1. The van der Waals surface area contributed by atoms with Gasteiger partial charge in [-0.1, -0.05) is 12.1 Å². The highest BCUT2D eigenvalue weighted by Crippen LogP contribution is 2.19. The summed E-state index contributed by atoms with van der Waals surface area (Å²) in [5.74, 6) is 1.43. The molecule has 1 rings (SSSR count). The van der Waals surface area contributed by atoms with E-state index in [1.165, 1.54) is 0 Å². The Morgan fingerprint density at radius 2 is 2.08 bits per heavy atom. The van der Waals surface area contributed by atoms with E-state index >= 15 is 0 Å². The standard InChI is InChI=1S/C17H29N3O3.HI/c1-4-18-17(19-10-7-11-23-5-2)20-13-16(21)14-8-6-9-15(12-14)22-3;/h6,8-9,12,16,21H,4-5,7,10-11,13H2,1-3H3,(H2,18,19,20);1H. The molecular formula is C17H30IN3O3. The first-order valence-corrected chi connectivity index (χ1v) is 8.13. The first-order chi connectivity index (χ1) is 11.2. The van der Waals surface area contributed by atoms with Crippen molar-refractivity contribution in [1.29, 1.82) is 0 Å². The molecule has 0 aliphatic carbocycles. The summed E-state index contributed by atoms with van der Waals surface area (Å²) in [6.45, 7) is 7.30. The van der Waals surface area contributed by atoms with Gasteiger partial charge in [0.05, 0.1) is 19.8 Å². The number of ether oxygens (including phenoxy) is 2. The van der Waals surface area contributed by atoms with E-state index < -0.39 is 6.10 Å². The van der Waals surface area contributed by atoms with Gasteiger partial charge < -0.3 is 25.2 Å². The number of aliphatic hydroxyl groups excluding tert-OH is 1. The number of benzene rings is 1. The zero-order chi connectivity index (χ0) is 16.9. The Morgan fingerprint density at radius 1 is 1.29 bits per heavy atom. The van der Waals surface area contributed by atoms with Crippen molar-refractivity contribution >= 4 is 29.9 Å². The van der Waals surface area contributed by atoms with Crippen LogP contribution in [0.5, 0.6) is 5.75 Å². The Labute approximate surface area is 162 Å². The van der Waals surface area contributed by atoms with Crippen LogP contribution >= 0.6 is 24.0 Å². The van der Waals surface area contributed by atoms with E-state index in [-0.39, 0.29) is 30.5 Å². The molecule has 7 heteroatoms. The quantitative estimate of drug-likeness (QED) is 0.220. The Balaban J connectivity index is 0.00000529. The molecule has 0 radical (unpaired) electrons. The van der Waals surface area contributed by atoms with Crippen molar-refractivity contribution in [2.24, 2.45) is 4.99 Å². The summed E-state index contributed by atoms with van der Waals surface area (Å²) in [7, 11) is 1.61. The number of nitrogens with zero attached hydrogens (tertiary/aromatic N) is 1. The number of halogens is 1. The minimum absolute atomic E-state index is 0. The van der Waals surface area contributed by atoms with Crippen molar-refractivity contribution < 1.29 is 14.6 Å². The van der Waals surface area contributed by atoms with Crippen LogP contribution in [0.3, 0.4) is 0 Å². The minimum Gasteiger partial charge on any atom is -0.497 e. The fourth-order valence-corrected chi connectivity index (χ4v) is 2.00. The lowest BCUT2D eigenvalue weighted by Crippen LogP contribution is -2.38. The van der Waals surface area contributed by atoms with Crippen molar-refractivity contribution in [2.75, 3.05) is 40.0 Å². The fourth-order valence-electron chi connectivity index (χ4n) is 2.00. The molecule has 24 heavy (non-hydrogen) atoms. The number of aliphatic imine (C=N–C) groups is 1. The van der Waals surface area contributed by atoms with E-state index in [0.29, 0.717) is 5.96 Å². The first kappa shape index (κ1) is 22.9. The van der Waals surface area contributed by atoms with Crippen LogP contribution in [0, 0.1) is 0 Å². The molecule has 1 aromatic rings. The molecule has 3 N–H and O–H groups in total. The highest BCUT2D eigenvalue weighted by Gasteiger charge is 2.08. The lowest BCUT2D eigenvalue weighted by molar-refractivity contribution is 0.145. The maximum atomic E-state index is 10.3. The largest absolute Gasteiger partial charge is 0.497 e. The normalized spacial score (nSPS) is 12.2. The first-order valence-electron chi connectivity index (χ1n) is 8.13. The topological polar surface area (TPSA) is 75.1 Å². The Morgan fingerprint density at radius 3 is 2.75 bits per heavy atom. The van der Waals surface area contributed by atoms with E-state index in [1.807, 2.05) is 38.1 Å². The van der Waals surface area contributed by atoms with Gasteiger partial charge in [-0.15, -0.1) is 24.0 Å². The van der Waals surface area contributed by atoms with Crippen molar-refractivity contribution in [1.82, 2.24) is 10.6 Å². The van der Waals surface area contributed by atoms with E-state index in [2.05, 4.69) is 15.6 Å². The molecule has 0 amide bonds. The minimum atomic E-state index is -0.663.